The molecule has 6 heteroatoms. The molecule has 0 aliphatic heterocycles. The number of allylic oxidation sites excluding steroid dienone is 2. The number of amides is 1. The van der Waals surface area contributed by atoms with E-state index in [0.29, 0.717) is 19.5 Å². The molecule has 0 fully saturated rings. The summed E-state index contributed by atoms with van der Waals surface area (Å²) < 4.78 is 0. The zero-order valence-electron chi connectivity index (χ0n) is 19.4. The van der Waals surface area contributed by atoms with Crippen molar-refractivity contribution in [1.82, 2.24) is 10.2 Å². The van der Waals surface area contributed by atoms with Crippen LogP contribution in [0.5, 0.6) is 0 Å². The summed E-state index contributed by atoms with van der Waals surface area (Å²) in [4.78, 5) is 24.0. The number of rotatable bonds is 21. The molecule has 0 aromatic carbocycles. The van der Waals surface area contributed by atoms with Gasteiger partial charge in [0.1, 0.15) is 6.23 Å². The van der Waals surface area contributed by atoms with Crippen molar-refractivity contribution in [2.45, 2.75) is 110 Å². The first-order valence-corrected chi connectivity index (χ1v) is 12.0. The van der Waals surface area contributed by atoms with Crippen LogP contribution < -0.4 is 5.32 Å². The third-order valence-corrected chi connectivity index (χ3v) is 5.25. The largest absolute Gasteiger partial charge is 0.480 e. The molecule has 0 radical (unpaired) electrons. The lowest BCUT2D eigenvalue weighted by Crippen LogP contribution is -2.42. The van der Waals surface area contributed by atoms with Gasteiger partial charge in [0.25, 0.3) is 0 Å². The summed E-state index contributed by atoms with van der Waals surface area (Å²) in [5.74, 6) is -0.996. The highest BCUT2D eigenvalue weighted by Gasteiger charge is 2.14. The number of hydrogen-bond donors (Lipinski definition) is 3. The SMILES string of the molecule is CCCCCCCC/C=C\CCCCCCCC(=O)NCCN(CC(=O)O)C(C)O. The van der Waals surface area contributed by atoms with Crippen molar-refractivity contribution in [2.24, 2.45) is 0 Å². The Kier molecular flexibility index (Phi) is 19.9. The van der Waals surface area contributed by atoms with E-state index in [-0.39, 0.29) is 12.5 Å². The molecule has 0 aliphatic rings. The minimum absolute atomic E-state index is 0.00602. The molecule has 0 aliphatic carbocycles. The van der Waals surface area contributed by atoms with Crippen LogP contribution in [0.25, 0.3) is 0 Å². The predicted octanol–water partition coefficient (Wildman–Crippen LogP) is 4.87. The fraction of sp³-hybridized carbons (Fsp3) is 0.833. The topological polar surface area (TPSA) is 89.9 Å². The van der Waals surface area contributed by atoms with Crippen molar-refractivity contribution in [3.05, 3.63) is 12.2 Å². The molecule has 0 rings (SSSR count). The van der Waals surface area contributed by atoms with Crippen LogP contribution in [0, 0.1) is 0 Å². The van der Waals surface area contributed by atoms with E-state index in [2.05, 4.69) is 24.4 Å². The fourth-order valence-corrected chi connectivity index (χ4v) is 3.36. The lowest BCUT2D eigenvalue weighted by Gasteiger charge is -2.23. The van der Waals surface area contributed by atoms with E-state index in [0.717, 1.165) is 25.7 Å². The van der Waals surface area contributed by atoms with E-state index in [1.165, 1.54) is 69.6 Å². The van der Waals surface area contributed by atoms with Crippen LogP contribution in [0.1, 0.15) is 104 Å². The molecule has 176 valence electrons. The second-order valence-electron chi connectivity index (χ2n) is 8.18. The standard InChI is InChI=1S/C24H46N2O4/c1-3-4-5-6-7-8-9-10-11-12-13-14-15-16-17-18-23(28)25-19-20-26(22(2)27)21-24(29)30/h10-11,22,27H,3-9,12-21H2,1-2H3,(H,25,28)(H,29,30)/b11-10-. The minimum Gasteiger partial charge on any atom is -0.480 e. The molecule has 3 N–H and O–H groups in total. The summed E-state index contributed by atoms with van der Waals surface area (Å²) in [6, 6.07) is 0. The molecule has 1 atom stereocenters. The van der Waals surface area contributed by atoms with Crippen LogP contribution in [0.15, 0.2) is 12.2 Å². The lowest BCUT2D eigenvalue weighted by atomic mass is 10.1. The second-order valence-corrected chi connectivity index (χ2v) is 8.18. The van der Waals surface area contributed by atoms with Gasteiger partial charge in [0.2, 0.25) is 5.91 Å². The van der Waals surface area contributed by atoms with Gasteiger partial charge in [-0.2, -0.15) is 0 Å². The Labute approximate surface area is 184 Å². The summed E-state index contributed by atoms with van der Waals surface area (Å²) >= 11 is 0. The van der Waals surface area contributed by atoms with Crippen molar-refractivity contribution < 1.29 is 19.8 Å². The number of hydrogen-bond acceptors (Lipinski definition) is 4. The summed E-state index contributed by atoms with van der Waals surface area (Å²) in [5.41, 5.74) is 0. The van der Waals surface area contributed by atoms with Crippen LogP contribution in [0.3, 0.4) is 0 Å². The number of carboxylic acid groups (broad SMARTS) is 1. The van der Waals surface area contributed by atoms with Crippen molar-refractivity contribution in [2.75, 3.05) is 19.6 Å². The van der Waals surface area contributed by atoms with Crippen LogP contribution >= 0.6 is 0 Å². The normalized spacial score (nSPS) is 12.5. The predicted molar refractivity (Wildman–Crippen MR) is 123 cm³/mol. The molecule has 0 bridgehead atoms. The molecule has 1 amide bonds. The highest BCUT2D eigenvalue weighted by atomic mass is 16.4. The maximum absolute atomic E-state index is 11.8. The summed E-state index contributed by atoms with van der Waals surface area (Å²) in [7, 11) is 0. The molecular weight excluding hydrogens is 380 g/mol. The number of nitrogens with one attached hydrogen (secondary N) is 1. The van der Waals surface area contributed by atoms with Gasteiger partial charge < -0.3 is 15.5 Å². The van der Waals surface area contributed by atoms with Crippen molar-refractivity contribution in [3.8, 4) is 0 Å². The van der Waals surface area contributed by atoms with Crippen LogP contribution in [0.4, 0.5) is 0 Å². The number of aliphatic hydroxyl groups is 1. The number of nitrogens with zero attached hydrogens (tertiary/aromatic N) is 1. The maximum Gasteiger partial charge on any atom is 0.317 e. The van der Waals surface area contributed by atoms with Gasteiger partial charge in [-0.1, -0.05) is 70.4 Å². The molecule has 1 unspecified atom stereocenters. The van der Waals surface area contributed by atoms with Gasteiger partial charge in [0.05, 0.1) is 6.54 Å². The van der Waals surface area contributed by atoms with Crippen LogP contribution in [-0.4, -0.2) is 52.9 Å². The number of unbranched alkanes of at least 4 members (excludes halogenated alkanes) is 11. The van der Waals surface area contributed by atoms with Gasteiger partial charge in [0.15, 0.2) is 0 Å². The Morgan fingerprint density at radius 2 is 1.43 bits per heavy atom. The molecule has 0 heterocycles. The summed E-state index contributed by atoms with van der Waals surface area (Å²) in [6.45, 7) is 4.21. The second kappa shape index (κ2) is 20.9. The highest BCUT2D eigenvalue weighted by Crippen LogP contribution is 2.10. The first-order chi connectivity index (χ1) is 14.5. The van der Waals surface area contributed by atoms with Crippen molar-refractivity contribution in [3.63, 3.8) is 0 Å². The first kappa shape index (κ1) is 28.6. The third-order valence-electron chi connectivity index (χ3n) is 5.25. The molecule has 6 nitrogen and oxygen atoms in total. The number of aliphatic hydroxyl groups excluding tert-OH is 1. The fourth-order valence-electron chi connectivity index (χ4n) is 3.36. The van der Waals surface area contributed by atoms with Crippen LogP contribution in [0.2, 0.25) is 0 Å². The average Bonchev–Trinajstić information content (AvgIpc) is 2.69. The van der Waals surface area contributed by atoms with Gasteiger partial charge in [0, 0.05) is 19.5 Å². The monoisotopic (exact) mass is 426 g/mol. The van der Waals surface area contributed by atoms with E-state index in [4.69, 9.17) is 5.11 Å². The van der Waals surface area contributed by atoms with Gasteiger partial charge in [-0.15, -0.1) is 0 Å². The van der Waals surface area contributed by atoms with Crippen LogP contribution in [-0.2, 0) is 9.59 Å². The number of carbonyl (C=O) groups excluding carboxylic acids is 1. The minimum atomic E-state index is -0.990. The molecule has 0 saturated heterocycles. The molecule has 30 heavy (non-hydrogen) atoms. The average molecular weight is 427 g/mol. The van der Waals surface area contributed by atoms with Gasteiger partial charge in [-0.3, -0.25) is 14.5 Å². The van der Waals surface area contributed by atoms with Gasteiger partial charge in [-0.05, 0) is 39.0 Å². The molecule has 0 aromatic heterocycles. The molecule has 0 saturated carbocycles. The van der Waals surface area contributed by atoms with E-state index in [1.807, 2.05) is 0 Å². The highest BCUT2D eigenvalue weighted by molar-refractivity contribution is 5.75. The van der Waals surface area contributed by atoms with Crippen molar-refractivity contribution in [1.29, 1.82) is 0 Å². The van der Waals surface area contributed by atoms with Gasteiger partial charge in [-0.25, -0.2) is 0 Å². The Hall–Kier alpha value is -1.40. The van der Waals surface area contributed by atoms with E-state index >= 15 is 0 Å². The van der Waals surface area contributed by atoms with E-state index in [1.54, 1.807) is 0 Å². The maximum atomic E-state index is 11.8. The number of carboxylic acids is 1. The Morgan fingerprint density at radius 1 is 0.900 bits per heavy atom. The number of aliphatic carboxylic acids is 1. The first-order valence-electron chi connectivity index (χ1n) is 12.0. The zero-order valence-corrected chi connectivity index (χ0v) is 19.4. The Balaban J connectivity index is 3.46. The van der Waals surface area contributed by atoms with E-state index in [9.17, 15) is 14.7 Å². The summed E-state index contributed by atoms with van der Waals surface area (Å²) in [6.07, 6.45) is 20.4. The molecule has 0 spiro atoms. The van der Waals surface area contributed by atoms with Gasteiger partial charge >= 0.3 is 5.97 Å². The lowest BCUT2D eigenvalue weighted by molar-refractivity contribution is -0.141. The Morgan fingerprint density at radius 3 is 1.97 bits per heavy atom. The number of carbonyl (C=O) groups is 2. The Bertz CT molecular complexity index is 452. The quantitative estimate of drug-likeness (QED) is 0.138. The molecular formula is C24H46N2O4. The zero-order chi connectivity index (χ0) is 22.5. The molecule has 0 aromatic rings. The van der Waals surface area contributed by atoms with Crippen molar-refractivity contribution >= 4 is 11.9 Å². The summed E-state index contributed by atoms with van der Waals surface area (Å²) in [5, 5.41) is 21.1. The van der Waals surface area contributed by atoms with E-state index < -0.39 is 12.2 Å². The third kappa shape index (κ3) is 19.9. The smallest absolute Gasteiger partial charge is 0.317 e.